The van der Waals surface area contributed by atoms with Gasteiger partial charge in [0, 0.05) is 12.5 Å². The molecule has 112 valence electrons. The number of hydrogen-bond acceptors (Lipinski definition) is 2. The summed E-state index contributed by atoms with van der Waals surface area (Å²) in [7, 11) is 0. The molecular formula is C16H18FNO3. The molecule has 3 rings (SSSR count). The van der Waals surface area contributed by atoms with Gasteiger partial charge in [0.25, 0.3) is 0 Å². The lowest BCUT2D eigenvalue weighted by Gasteiger charge is -2.33. The molecule has 3 atom stereocenters. The molecule has 1 N–H and O–H groups in total. The molecule has 0 bridgehead atoms. The topological polar surface area (TPSA) is 57.6 Å². The monoisotopic (exact) mass is 291 g/mol. The van der Waals surface area contributed by atoms with Gasteiger partial charge in [-0.2, -0.15) is 0 Å². The van der Waals surface area contributed by atoms with E-state index in [4.69, 9.17) is 0 Å². The van der Waals surface area contributed by atoms with Crippen molar-refractivity contribution in [3.63, 3.8) is 0 Å². The van der Waals surface area contributed by atoms with Gasteiger partial charge in [-0.05, 0) is 49.3 Å². The Balaban J connectivity index is 1.69. The third-order valence-electron chi connectivity index (χ3n) is 4.48. The third kappa shape index (κ3) is 2.77. The second kappa shape index (κ2) is 5.47. The number of carbonyl (C=O) groups excluding carboxylic acids is 1. The number of carboxylic acids is 1. The largest absolute Gasteiger partial charge is 0.480 e. The molecule has 4 nitrogen and oxygen atoms in total. The number of piperidine rings is 1. The van der Waals surface area contributed by atoms with Crippen LogP contribution in [0.4, 0.5) is 4.39 Å². The maximum Gasteiger partial charge on any atom is 0.326 e. The fourth-order valence-corrected chi connectivity index (χ4v) is 3.21. The van der Waals surface area contributed by atoms with Gasteiger partial charge < -0.3 is 10.0 Å². The minimum absolute atomic E-state index is 0.0589. The zero-order valence-corrected chi connectivity index (χ0v) is 11.7. The van der Waals surface area contributed by atoms with Gasteiger partial charge in [0.05, 0.1) is 0 Å². The van der Waals surface area contributed by atoms with E-state index >= 15 is 0 Å². The molecule has 1 aliphatic heterocycles. The van der Waals surface area contributed by atoms with Crippen molar-refractivity contribution in [2.75, 3.05) is 6.54 Å². The number of aliphatic carboxylic acids is 1. The standard InChI is InChI=1S/C16H18FNO3/c17-11-6-4-10(5-7-11)12-9-13(12)15(19)18-8-2-1-3-14(18)16(20)21/h4-7,12-14H,1-3,8-9H2,(H,20,21)/t12-,13-,14+/m0/s1. The summed E-state index contributed by atoms with van der Waals surface area (Å²) in [5.74, 6) is -1.30. The van der Waals surface area contributed by atoms with E-state index in [-0.39, 0.29) is 23.6 Å². The van der Waals surface area contributed by atoms with Gasteiger partial charge in [-0.1, -0.05) is 12.1 Å². The molecule has 1 aliphatic carbocycles. The molecule has 0 unspecified atom stereocenters. The van der Waals surface area contributed by atoms with E-state index in [0.29, 0.717) is 13.0 Å². The van der Waals surface area contributed by atoms with E-state index in [1.165, 1.54) is 17.0 Å². The first-order valence-corrected chi connectivity index (χ1v) is 7.36. The fraction of sp³-hybridized carbons (Fsp3) is 0.500. The number of rotatable bonds is 3. The first kappa shape index (κ1) is 14.0. The smallest absolute Gasteiger partial charge is 0.326 e. The molecule has 0 spiro atoms. The first-order valence-electron chi connectivity index (χ1n) is 7.36. The summed E-state index contributed by atoms with van der Waals surface area (Å²) in [6.45, 7) is 0.530. The number of amides is 1. The summed E-state index contributed by atoms with van der Waals surface area (Å²) in [4.78, 5) is 25.3. The average Bonchev–Trinajstić information content (AvgIpc) is 3.27. The zero-order chi connectivity index (χ0) is 15.0. The number of likely N-dealkylation sites (tertiary alicyclic amines) is 1. The van der Waals surface area contributed by atoms with Crippen molar-refractivity contribution in [1.29, 1.82) is 0 Å². The van der Waals surface area contributed by atoms with Crippen LogP contribution in [0.15, 0.2) is 24.3 Å². The van der Waals surface area contributed by atoms with Gasteiger partial charge in [0.1, 0.15) is 11.9 Å². The van der Waals surface area contributed by atoms with E-state index in [0.717, 1.165) is 24.8 Å². The van der Waals surface area contributed by atoms with Gasteiger partial charge in [-0.3, -0.25) is 4.79 Å². The second-order valence-electron chi connectivity index (χ2n) is 5.88. The number of carbonyl (C=O) groups is 2. The maximum atomic E-state index is 12.9. The van der Waals surface area contributed by atoms with Gasteiger partial charge in [0.2, 0.25) is 5.91 Å². The van der Waals surface area contributed by atoms with Crippen molar-refractivity contribution >= 4 is 11.9 Å². The highest BCUT2D eigenvalue weighted by atomic mass is 19.1. The Labute approximate surface area is 122 Å². The minimum Gasteiger partial charge on any atom is -0.480 e. The average molecular weight is 291 g/mol. The molecule has 2 aliphatic rings. The Hall–Kier alpha value is -1.91. The van der Waals surface area contributed by atoms with Crippen LogP contribution in [0.25, 0.3) is 0 Å². The van der Waals surface area contributed by atoms with Crippen molar-refractivity contribution in [1.82, 2.24) is 4.90 Å². The first-order chi connectivity index (χ1) is 10.1. The van der Waals surface area contributed by atoms with Crippen molar-refractivity contribution in [3.05, 3.63) is 35.6 Å². The van der Waals surface area contributed by atoms with E-state index in [1.54, 1.807) is 12.1 Å². The SMILES string of the molecule is O=C(O)[C@H]1CCCCN1C(=O)[C@H]1C[C@H]1c1ccc(F)cc1. The Morgan fingerprint density at radius 1 is 1.19 bits per heavy atom. The number of hydrogen-bond donors (Lipinski definition) is 1. The third-order valence-corrected chi connectivity index (χ3v) is 4.48. The molecule has 1 amide bonds. The lowest BCUT2D eigenvalue weighted by molar-refractivity contribution is -0.152. The van der Waals surface area contributed by atoms with E-state index in [9.17, 15) is 19.1 Å². The summed E-state index contributed by atoms with van der Waals surface area (Å²) in [6, 6.07) is 5.53. The molecule has 2 fully saturated rings. The molecule has 21 heavy (non-hydrogen) atoms. The number of halogens is 1. The normalized spacial score (nSPS) is 28.2. The van der Waals surface area contributed by atoms with Gasteiger partial charge >= 0.3 is 5.97 Å². The summed E-state index contributed by atoms with van der Waals surface area (Å²) in [6.07, 6.45) is 2.98. The van der Waals surface area contributed by atoms with Crippen molar-refractivity contribution in [3.8, 4) is 0 Å². The molecule has 0 aromatic heterocycles. The maximum absolute atomic E-state index is 12.9. The molecular weight excluding hydrogens is 273 g/mol. The molecule has 1 saturated heterocycles. The number of nitrogens with zero attached hydrogens (tertiary/aromatic N) is 1. The predicted octanol–water partition coefficient (Wildman–Crippen LogP) is 2.39. The fourth-order valence-electron chi connectivity index (χ4n) is 3.21. The lowest BCUT2D eigenvalue weighted by Crippen LogP contribution is -2.48. The summed E-state index contributed by atoms with van der Waals surface area (Å²) in [5, 5.41) is 9.24. The van der Waals surface area contributed by atoms with Crippen LogP contribution >= 0.6 is 0 Å². The molecule has 5 heteroatoms. The van der Waals surface area contributed by atoms with E-state index in [2.05, 4.69) is 0 Å². The van der Waals surface area contributed by atoms with Crippen LogP contribution in [0.2, 0.25) is 0 Å². The quantitative estimate of drug-likeness (QED) is 0.930. The predicted molar refractivity (Wildman–Crippen MR) is 74.2 cm³/mol. The Morgan fingerprint density at radius 2 is 1.90 bits per heavy atom. The summed E-state index contributed by atoms with van der Waals surface area (Å²) >= 11 is 0. The highest BCUT2D eigenvalue weighted by molar-refractivity contribution is 5.87. The number of carboxylic acid groups (broad SMARTS) is 1. The van der Waals surface area contributed by atoms with Crippen molar-refractivity contribution in [2.24, 2.45) is 5.92 Å². The molecule has 1 heterocycles. The van der Waals surface area contributed by atoms with E-state index in [1.807, 2.05) is 0 Å². The van der Waals surface area contributed by atoms with Crippen LogP contribution in [0.1, 0.15) is 37.2 Å². The van der Waals surface area contributed by atoms with Crippen LogP contribution in [-0.2, 0) is 9.59 Å². The summed E-state index contributed by atoms with van der Waals surface area (Å²) in [5.41, 5.74) is 0.957. The minimum atomic E-state index is -0.915. The zero-order valence-electron chi connectivity index (χ0n) is 11.7. The van der Waals surface area contributed by atoms with Crippen molar-refractivity contribution in [2.45, 2.75) is 37.6 Å². The van der Waals surface area contributed by atoms with Crippen LogP contribution < -0.4 is 0 Å². The summed E-state index contributed by atoms with van der Waals surface area (Å²) < 4.78 is 12.9. The molecule has 1 aromatic rings. The Morgan fingerprint density at radius 3 is 2.57 bits per heavy atom. The lowest BCUT2D eigenvalue weighted by atomic mass is 10.0. The van der Waals surface area contributed by atoms with Gasteiger partial charge in [-0.25, -0.2) is 9.18 Å². The van der Waals surface area contributed by atoms with Gasteiger partial charge in [-0.15, -0.1) is 0 Å². The van der Waals surface area contributed by atoms with E-state index < -0.39 is 12.0 Å². The van der Waals surface area contributed by atoms with Crippen LogP contribution in [0.3, 0.4) is 0 Å². The molecule has 1 saturated carbocycles. The van der Waals surface area contributed by atoms with Crippen LogP contribution in [0, 0.1) is 11.7 Å². The molecule has 0 radical (unpaired) electrons. The highest BCUT2D eigenvalue weighted by Crippen LogP contribution is 2.49. The van der Waals surface area contributed by atoms with Gasteiger partial charge in [0.15, 0.2) is 0 Å². The molecule has 1 aromatic carbocycles. The Kier molecular flexibility index (Phi) is 3.66. The highest BCUT2D eigenvalue weighted by Gasteiger charge is 2.48. The van der Waals surface area contributed by atoms with Crippen LogP contribution in [0.5, 0.6) is 0 Å². The Bertz CT molecular complexity index is 557. The van der Waals surface area contributed by atoms with Crippen LogP contribution in [-0.4, -0.2) is 34.5 Å². The number of benzene rings is 1. The second-order valence-corrected chi connectivity index (χ2v) is 5.88. The van der Waals surface area contributed by atoms with Crippen molar-refractivity contribution < 1.29 is 19.1 Å².